The average molecular weight is 510 g/mol. The third-order valence-electron chi connectivity index (χ3n) is 5.15. The molecule has 9 heteroatoms. The van der Waals surface area contributed by atoms with Gasteiger partial charge in [0.25, 0.3) is 0 Å². The predicted octanol–water partition coefficient (Wildman–Crippen LogP) is 3.75. The molecule has 28 heavy (non-hydrogen) atoms. The number of nitrogens with zero attached hydrogens (tertiary/aromatic N) is 3. The van der Waals surface area contributed by atoms with Gasteiger partial charge in [-0.25, -0.2) is 0 Å². The van der Waals surface area contributed by atoms with Gasteiger partial charge >= 0.3 is 6.18 Å². The second-order valence-electron chi connectivity index (χ2n) is 6.98. The highest BCUT2D eigenvalue weighted by Gasteiger charge is 2.33. The van der Waals surface area contributed by atoms with Crippen molar-refractivity contribution in [2.24, 2.45) is 4.99 Å². The number of guanidine groups is 1. The summed E-state index contributed by atoms with van der Waals surface area (Å²) in [5.41, 5.74) is 2.12. The number of aliphatic imine (C=N–C) groups is 1. The first-order valence-corrected chi connectivity index (χ1v) is 9.30. The van der Waals surface area contributed by atoms with Gasteiger partial charge in [0.2, 0.25) is 5.91 Å². The number of rotatable bonds is 5. The van der Waals surface area contributed by atoms with Crippen LogP contribution in [-0.4, -0.2) is 56.2 Å². The van der Waals surface area contributed by atoms with Crippen LogP contribution in [0, 0.1) is 0 Å². The Kier molecular flexibility index (Phi) is 7.97. The number of nitrogens with one attached hydrogen (secondary N) is 1. The zero-order valence-electron chi connectivity index (χ0n) is 15.8. The predicted molar refractivity (Wildman–Crippen MR) is 114 cm³/mol. The van der Waals surface area contributed by atoms with Gasteiger partial charge in [-0.15, -0.1) is 24.0 Å². The van der Waals surface area contributed by atoms with Gasteiger partial charge in [0.15, 0.2) is 5.96 Å². The summed E-state index contributed by atoms with van der Waals surface area (Å²) in [6.07, 6.45) is -2.72. The summed E-state index contributed by atoms with van der Waals surface area (Å²) in [5, 5.41) is 2.83. The smallest absolute Gasteiger partial charge is 0.356 e. The van der Waals surface area contributed by atoms with E-state index in [9.17, 15) is 18.0 Å². The standard InChI is InChI=1S/C19H25F3N4O.HI/c1-23-18(24-10-9-19(20,21)22)26-13-14(15-5-2-3-6-16(15)26)8-12-25-11-4-7-17(25)27;/h2-3,5-6,14H,4,7-13H2,1H3,(H,23,24);1H. The molecule has 0 aliphatic carbocycles. The van der Waals surface area contributed by atoms with Crippen LogP contribution >= 0.6 is 24.0 Å². The molecule has 1 atom stereocenters. The second kappa shape index (κ2) is 9.80. The topological polar surface area (TPSA) is 47.9 Å². The molecule has 1 fully saturated rings. The van der Waals surface area contributed by atoms with E-state index in [2.05, 4.69) is 16.4 Å². The molecule has 0 radical (unpaired) electrons. The summed E-state index contributed by atoms with van der Waals surface area (Å²) in [7, 11) is 1.58. The Balaban J connectivity index is 0.00000280. The lowest BCUT2D eigenvalue weighted by atomic mass is 9.98. The summed E-state index contributed by atoms with van der Waals surface area (Å²) in [4.78, 5) is 19.9. The number of carbonyl (C=O) groups is 1. The van der Waals surface area contributed by atoms with E-state index in [0.29, 0.717) is 25.5 Å². The number of anilines is 1. The average Bonchev–Trinajstić information content (AvgIpc) is 3.20. The van der Waals surface area contributed by atoms with Gasteiger partial charge in [-0.05, 0) is 24.5 Å². The largest absolute Gasteiger partial charge is 0.390 e. The maximum Gasteiger partial charge on any atom is 0.390 e. The number of alkyl halides is 3. The Morgan fingerprint density at radius 2 is 2.07 bits per heavy atom. The van der Waals surface area contributed by atoms with E-state index in [0.717, 1.165) is 30.6 Å². The number of fused-ring (bicyclic) bond motifs is 1. The first-order valence-electron chi connectivity index (χ1n) is 9.30. The van der Waals surface area contributed by atoms with Gasteiger partial charge in [0, 0.05) is 51.3 Å². The van der Waals surface area contributed by atoms with E-state index in [1.165, 1.54) is 0 Å². The Bertz CT molecular complexity index is 711. The number of carbonyl (C=O) groups excluding carboxylic acids is 1. The molecule has 1 N–H and O–H groups in total. The number of benzene rings is 1. The first-order chi connectivity index (χ1) is 12.9. The fraction of sp³-hybridized carbons (Fsp3) is 0.579. The van der Waals surface area contributed by atoms with Crippen LogP contribution in [0.3, 0.4) is 0 Å². The molecule has 1 saturated heterocycles. The second-order valence-corrected chi connectivity index (χ2v) is 6.98. The van der Waals surface area contributed by atoms with E-state index in [1.54, 1.807) is 7.05 Å². The van der Waals surface area contributed by atoms with E-state index in [-0.39, 0.29) is 42.3 Å². The van der Waals surface area contributed by atoms with Gasteiger partial charge in [-0.3, -0.25) is 9.79 Å². The van der Waals surface area contributed by atoms with Crippen molar-refractivity contribution in [2.75, 3.05) is 38.1 Å². The van der Waals surface area contributed by atoms with Crippen molar-refractivity contribution in [1.82, 2.24) is 10.2 Å². The fourth-order valence-corrected chi connectivity index (χ4v) is 3.81. The summed E-state index contributed by atoms with van der Waals surface area (Å²) >= 11 is 0. The Labute approximate surface area is 180 Å². The number of likely N-dealkylation sites (tertiary alicyclic amines) is 1. The highest BCUT2D eigenvalue weighted by molar-refractivity contribution is 14.0. The normalized spacial score (nSPS) is 19.6. The van der Waals surface area contributed by atoms with E-state index < -0.39 is 12.6 Å². The Morgan fingerprint density at radius 3 is 2.71 bits per heavy atom. The number of hydrogen-bond acceptors (Lipinski definition) is 2. The first kappa shape index (κ1) is 22.8. The van der Waals surface area contributed by atoms with E-state index in [4.69, 9.17) is 0 Å². The number of amides is 1. The van der Waals surface area contributed by atoms with Crippen LogP contribution in [0.4, 0.5) is 18.9 Å². The van der Waals surface area contributed by atoms with Crippen LogP contribution in [0.5, 0.6) is 0 Å². The lowest BCUT2D eigenvalue weighted by Crippen LogP contribution is -2.42. The number of halogens is 4. The molecule has 1 aromatic carbocycles. The molecule has 3 rings (SSSR count). The van der Waals surface area contributed by atoms with Crippen LogP contribution < -0.4 is 10.2 Å². The van der Waals surface area contributed by atoms with Gasteiger partial charge in [0.1, 0.15) is 0 Å². The Hall–Kier alpha value is -1.52. The van der Waals surface area contributed by atoms with Crippen LogP contribution in [-0.2, 0) is 4.79 Å². The molecule has 156 valence electrons. The van der Waals surface area contributed by atoms with Crippen LogP contribution in [0.15, 0.2) is 29.3 Å². The minimum absolute atomic E-state index is 0. The number of para-hydroxylation sites is 1. The van der Waals surface area contributed by atoms with Crippen molar-refractivity contribution in [1.29, 1.82) is 0 Å². The van der Waals surface area contributed by atoms with Gasteiger partial charge in [0.05, 0.1) is 6.42 Å². The molecule has 1 amide bonds. The molecule has 1 aromatic rings. The highest BCUT2D eigenvalue weighted by atomic mass is 127. The van der Waals surface area contributed by atoms with Crippen molar-refractivity contribution in [2.45, 2.75) is 37.8 Å². The number of hydrogen-bond donors (Lipinski definition) is 1. The lowest BCUT2D eigenvalue weighted by Gasteiger charge is -2.23. The summed E-state index contributed by atoms with van der Waals surface area (Å²) < 4.78 is 37.3. The van der Waals surface area contributed by atoms with Crippen LogP contribution in [0.25, 0.3) is 0 Å². The molecule has 0 aromatic heterocycles. The zero-order valence-corrected chi connectivity index (χ0v) is 18.2. The molecule has 0 bridgehead atoms. The molecular weight excluding hydrogens is 484 g/mol. The monoisotopic (exact) mass is 510 g/mol. The summed E-state index contributed by atoms with van der Waals surface area (Å²) in [6.45, 7) is 1.97. The van der Waals surface area contributed by atoms with Crippen molar-refractivity contribution >= 4 is 41.5 Å². The van der Waals surface area contributed by atoms with Crippen molar-refractivity contribution in [3.8, 4) is 0 Å². The van der Waals surface area contributed by atoms with Gasteiger partial charge < -0.3 is 15.1 Å². The van der Waals surface area contributed by atoms with Crippen molar-refractivity contribution < 1.29 is 18.0 Å². The van der Waals surface area contributed by atoms with E-state index in [1.807, 2.05) is 28.0 Å². The van der Waals surface area contributed by atoms with Gasteiger partial charge in [-0.1, -0.05) is 18.2 Å². The summed E-state index contributed by atoms with van der Waals surface area (Å²) in [5.74, 6) is 0.880. The van der Waals surface area contributed by atoms with Crippen molar-refractivity contribution in [3.63, 3.8) is 0 Å². The molecular formula is C19H26F3IN4O. The van der Waals surface area contributed by atoms with Crippen LogP contribution in [0.1, 0.15) is 37.2 Å². The molecule has 0 spiro atoms. The molecule has 2 heterocycles. The lowest BCUT2D eigenvalue weighted by molar-refractivity contribution is -0.133. The summed E-state index contributed by atoms with van der Waals surface area (Å²) in [6, 6.07) is 7.90. The fourth-order valence-electron chi connectivity index (χ4n) is 3.81. The quantitative estimate of drug-likeness (QED) is 0.373. The minimum Gasteiger partial charge on any atom is -0.356 e. The third-order valence-corrected chi connectivity index (χ3v) is 5.15. The highest BCUT2D eigenvalue weighted by Crippen LogP contribution is 2.38. The molecule has 2 aliphatic heterocycles. The maximum atomic E-state index is 12.4. The SMILES string of the molecule is CN=C(NCCC(F)(F)F)N1CC(CCN2CCCC2=O)c2ccccc21.I. The van der Waals surface area contributed by atoms with Crippen molar-refractivity contribution in [3.05, 3.63) is 29.8 Å². The zero-order chi connectivity index (χ0) is 19.4. The molecule has 2 aliphatic rings. The third kappa shape index (κ3) is 5.51. The minimum atomic E-state index is -4.19. The molecule has 0 saturated carbocycles. The van der Waals surface area contributed by atoms with E-state index >= 15 is 0 Å². The molecule has 5 nitrogen and oxygen atoms in total. The molecule has 1 unspecified atom stereocenters. The van der Waals surface area contributed by atoms with Gasteiger partial charge in [-0.2, -0.15) is 13.2 Å². The van der Waals surface area contributed by atoms with Crippen LogP contribution in [0.2, 0.25) is 0 Å². The maximum absolute atomic E-state index is 12.4. The Morgan fingerprint density at radius 1 is 1.32 bits per heavy atom.